The van der Waals surface area contributed by atoms with Gasteiger partial charge in [-0.2, -0.15) is 0 Å². The first kappa shape index (κ1) is 15.9. The minimum Gasteiger partial charge on any atom is -0.342 e. The van der Waals surface area contributed by atoms with Gasteiger partial charge in [0.25, 0.3) is 5.56 Å². The van der Waals surface area contributed by atoms with E-state index in [0.29, 0.717) is 13.0 Å². The number of nitrogens with zero attached hydrogens (tertiary/aromatic N) is 3. The van der Waals surface area contributed by atoms with E-state index in [1.807, 2.05) is 17.3 Å². The summed E-state index contributed by atoms with van der Waals surface area (Å²) in [5.41, 5.74) is 3.49. The fourth-order valence-electron chi connectivity index (χ4n) is 3.00. The highest BCUT2D eigenvalue weighted by Crippen LogP contribution is 2.25. The molecule has 1 aliphatic rings. The number of carbonyl (C=O) groups is 1. The molecule has 7 heteroatoms. The van der Waals surface area contributed by atoms with Crippen molar-refractivity contribution in [1.29, 1.82) is 0 Å². The number of amides is 1. The fourth-order valence-corrected chi connectivity index (χ4v) is 3.78. The lowest BCUT2D eigenvalue weighted by Gasteiger charge is -2.32. The minimum atomic E-state index is -0.140. The van der Waals surface area contributed by atoms with Gasteiger partial charge in [-0.3, -0.25) is 9.59 Å². The van der Waals surface area contributed by atoms with Crippen LogP contribution in [0.3, 0.4) is 0 Å². The molecule has 3 rings (SSSR count). The highest BCUT2D eigenvalue weighted by molar-refractivity contribution is 7.09. The number of nitrogens with one attached hydrogen (secondary N) is 1. The summed E-state index contributed by atoms with van der Waals surface area (Å²) >= 11 is 1.61. The first-order chi connectivity index (χ1) is 11.1. The molecule has 3 heterocycles. The molecule has 0 unspecified atom stereocenters. The third-order valence-electron chi connectivity index (χ3n) is 4.30. The molecule has 0 aliphatic carbocycles. The maximum Gasteiger partial charge on any atom is 0.250 e. The van der Waals surface area contributed by atoms with Gasteiger partial charge in [-0.05, 0) is 26.2 Å². The summed E-state index contributed by atoms with van der Waals surface area (Å²) in [5, 5.41) is 0. The Balaban J connectivity index is 1.60. The van der Waals surface area contributed by atoms with Crippen LogP contribution in [0.4, 0.5) is 0 Å². The lowest BCUT2D eigenvalue weighted by Crippen LogP contribution is -2.39. The standard InChI is InChI=1S/C16H20N4O2S/c1-11-14(23-10-19-11)4-5-16(22)20-6-2-3-12(8-20)13-7-15(21)18-9-17-13/h7,9-10,12H,2-6,8H2,1H3,(H,17,18,21)/t12-/m0/s1. The second-order valence-electron chi connectivity index (χ2n) is 5.88. The average molecular weight is 332 g/mol. The molecular weight excluding hydrogens is 312 g/mol. The predicted molar refractivity (Wildman–Crippen MR) is 88.6 cm³/mol. The molecule has 0 radical (unpaired) electrons. The molecule has 6 nitrogen and oxygen atoms in total. The maximum absolute atomic E-state index is 12.5. The summed E-state index contributed by atoms with van der Waals surface area (Å²) in [4.78, 5) is 38.0. The molecular formula is C16H20N4O2S. The molecule has 2 aromatic heterocycles. The maximum atomic E-state index is 12.5. The van der Waals surface area contributed by atoms with Crippen molar-refractivity contribution < 1.29 is 4.79 Å². The predicted octanol–water partition coefficient (Wildman–Crippen LogP) is 1.87. The number of H-pyrrole nitrogens is 1. The zero-order valence-corrected chi connectivity index (χ0v) is 13.9. The van der Waals surface area contributed by atoms with Crippen molar-refractivity contribution in [2.75, 3.05) is 13.1 Å². The fraction of sp³-hybridized carbons (Fsp3) is 0.500. The molecule has 1 N–H and O–H groups in total. The smallest absolute Gasteiger partial charge is 0.250 e. The summed E-state index contributed by atoms with van der Waals surface area (Å²) in [6.07, 6.45) is 4.61. The van der Waals surface area contributed by atoms with Crippen molar-refractivity contribution >= 4 is 17.2 Å². The molecule has 0 bridgehead atoms. The van der Waals surface area contributed by atoms with Gasteiger partial charge in [0, 0.05) is 36.4 Å². The molecule has 122 valence electrons. The van der Waals surface area contributed by atoms with E-state index in [1.54, 1.807) is 17.4 Å². The normalized spacial score (nSPS) is 18.1. The van der Waals surface area contributed by atoms with E-state index < -0.39 is 0 Å². The third kappa shape index (κ3) is 3.85. The summed E-state index contributed by atoms with van der Waals surface area (Å²) < 4.78 is 0. The second kappa shape index (κ2) is 7.04. The summed E-state index contributed by atoms with van der Waals surface area (Å²) in [6.45, 7) is 3.42. The number of rotatable bonds is 4. The van der Waals surface area contributed by atoms with Gasteiger partial charge in [0.05, 0.1) is 23.2 Å². The van der Waals surface area contributed by atoms with E-state index in [4.69, 9.17) is 0 Å². The summed E-state index contributed by atoms with van der Waals surface area (Å²) in [7, 11) is 0. The highest BCUT2D eigenvalue weighted by atomic mass is 32.1. The molecule has 1 atom stereocenters. The molecule has 0 spiro atoms. The van der Waals surface area contributed by atoms with Crippen LogP contribution in [0.2, 0.25) is 0 Å². The lowest BCUT2D eigenvalue weighted by atomic mass is 9.94. The van der Waals surface area contributed by atoms with Crippen LogP contribution in [0, 0.1) is 6.92 Å². The van der Waals surface area contributed by atoms with Crippen LogP contribution >= 0.6 is 11.3 Å². The van der Waals surface area contributed by atoms with Gasteiger partial charge in [-0.15, -0.1) is 11.3 Å². The average Bonchev–Trinajstić information content (AvgIpc) is 2.98. The Labute approximate surface area is 138 Å². The molecule has 2 aromatic rings. The molecule has 1 aliphatic heterocycles. The number of piperidine rings is 1. The van der Waals surface area contributed by atoms with Gasteiger partial charge in [-0.1, -0.05) is 0 Å². The van der Waals surface area contributed by atoms with Crippen LogP contribution in [0.25, 0.3) is 0 Å². The molecule has 0 aromatic carbocycles. The molecule has 23 heavy (non-hydrogen) atoms. The van der Waals surface area contributed by atoms with Gasteiger partial charge in [-0.25, -0.2) is 9.97 Å². The lowest BCUT2D eigenvalue weighted by molar-refractivity contribution is -0.132. The summed E-state index contributed by atoms with van der Waals surface area (Å²) in [6, 6.07) is 1.54. The Morgan fingerprint density at radius 1 is 1.48 bits per heavy atom. The van der Waals surface area contributed by atoms with Crippen molar-refractivity contribution in [2.45, 2.75) is 38.5 Å². The number of carbonyl (C=O) groups excluding carboxylic acids is 1. The zero-order chi connectivity index (χ0) is 16.2. The van der Waals surface area contributed by atoms with Gasteiger partial charge < -0.3 is 9.88 Å². The van der Waals surface area contributed by atoms with Gasteiger partial charge in [0.1, 0.15) is 0 Å². The highest BCUT2D eigenvalue weighted by Gasteiger charge is 2.25. The Morgan fingerprint density at radius 2 is 2.35 bits per heavy atom. The van der Waals surface area contributed by atoms with Crippen molar-refractivity contribution in [1.82, 2.24) is 19.9 Å². The number of aromatic amines is 1. The monoisotopic (exact) mass is 332 g/mol. The Hall–Kier alpha value is -2.02. The minimum absolute atomic E-state index is 0.140. The number of hydrogen-bond acceptors (Lipinski definition) is 5. The Morgan fingerprint density at radius 3 is 3.09 bits per heavy atom. The van der Waals surface area contributed by atoms with E-state index in [9.17, 15) is 9.59 Å². The first-order valence-electron chi connectivity index (χ1n) is 7.85. The van der Waals surface area contributed by atoms with E-state index >= 15 is 0 Å². The van der Waals surface area contributed by atoms with Crippen LogP contribution < -0.4 is 5.56 Å². The number of likely N-dealkylation sites (tertiary alicyclic amines) is 1. The first-order valence-corrected chi connectivity index (χ1v) is 8.73. The number of aromatic nitrogens is 3. The molecule has 0 saturated carbocycles. The Kier molecular flexibility index (Phi) is 4.85. The van der Waals surface area contributed by atoms with Crippen molar-refractivity contribution in [3.05, 3.63) is 44.5 Å². The van der Waals surface area contributed by atoms with E-state index in [0.717, 1.165) is 37.2 Å². The van der Waals surface area contributed by atoms with Crippen molar-refractivity contribution in [3.8, 4) is 0 Å². The SMILES string of the molecule is Cc1ncsc1CCC(=O)N1CCC[C@H](c2cc(=O)[nH]cn2)C1. The van der Waals surface area contributed by atoms with E-state index in [1.165, 1.54) is 11.2 Å². The third-order valence-corrected chi connectivity index (χ3v) is 5.30. The van der Waals surface area contributed by atoms with Crippen LogP contribution in [0.1, 0.15) is 41.4 Å². The molecule has 1 fully saturated rings. The van der Waals surface area contributed by atoms with Crippen LogP contribution in [0.15, 0.2) is 22.7 Å². The number of thiazole rings is 1. The van der Waals surface area contributed by atoms with Gasteiger partial charge >= 0.3 is 0 Å². The second-order valence-corrected chi connectivity index (χ2v) is 6.82. The zero-order valence-electron chi connectivity index (χ0n) is 13.1. The molecule has 1 saturated heterocycles. The van der Waals surface area contributed by atoms with Gasteiger partial charge in [0.2, 0.25) is 5.91 Å². The topological polar surface area (TPSA) is 79.0 Å². The number of hydrogen-bond donors (Lipinski definition) is 1. The van der Waals surface area contributed by atoms with E-state index in [-0.39, 0.29) is 17.4 Å². The Bertz CT molecular complexity index is 739. The van der Waals surface area contributed by atoms with Crippen molar-refractivity contribution in [2.24, 2.45) is 0 Å². The van der Waals surface area contributed by atoms with Gasteiger partial charge in [0.15, 0.2) is 0 Å². The largest absolute Gasteiger partial charge is 0.342 e. The number of aryl methyl sites for hydroxylation is 2. The van der Waals surface area contributed by atoms with Crippen LogP contribution in [0.5, 0.6) is 0 Å². The summed E-state index contributed by atoms with van der Waals surface area (Å²) in [5.74, 6) is 0.326. The van der Waals surface area contributed by atoms with Crippen molar-refractivity contribution in [3.63, 3.8) is 0 Å². The van der Waals surface area contributed by atoms with Crippen LogP contribution in [-0.4, -0.2) is 38.8 Å². The van der Waals surface area contributed by atoms with Crippen LogP contribution in [-0.2, 0) is 11.2 Å². The quantitative estimate of drug-likeness (QED) is 0.927. The molecule has 1 amide bonds. The van der Waals surface area contributed by atoms with E-state index in [2.05, 4.69) is 15.0 Å².